The summed E-state index contributed by atoms with van der Waals surface area (Å²) in [5.41, 5.74) is 4.88. The number of fused-ring (bicyclic) bond motifs is 1. The molecule has 1 aromatic heterocycles. The van der Waals surface area contributed by atoms with Gasteiger partial charge in [0.05, 0.1) is 24.1 Å². The average Bonchev–Trinajstić information content (AvgIpc) is 3.15. The zero-order valence-corrected chi connectivity index (χ0v) is 18.8. The lowest BCUT2D eigenvalue weighted by Crippen LogP contribution is -2.26. The monoisotopic (exact) mass is 427 g/mol. The molecule has 0 spiro atoms. The first-order valence-electron chi connectivity index (χ1n) is 11.0. The van der Waals surface area contributed by atoms with Crippen LogP contribution in [0.2, 0.25) is 0 Å². The average molecular weight is 428 g/mol. The van der Waals surface area contributed by atoms with Gasteiger partial charge >= 0.3 is 0 Å². The molecule has 0 aliphatic heterocycles. The molecule has 0 saturated heterocycles. The smallest absolute Gasteiger partial charge is 0.251 e. The number of aryl methyl sites for hydroxylation is 1. The molecule has 4 aromatic rings. The second-order valence-electron chi connectivity index (χ2n) is 8.24. The standard InChI is InChI=1S/C27H29N3O2/c1-19(2)21-12-14-22(15-13-21)32-17-16-30-25-11-7-6-10-24(25)29-26(30)18-28-27(31)23-9-5-4-8-20(23)3/h4-15,19H,16-18H2,1-3H3,(H,28,31). The number of carbonyl (C=O) groups is 1. The number of imidazole rings is 1. The van der Waals surface area contributed by atoms with Gasteiger partial charge in [-0.2, -0.15) is 0 Å². The molecule has 32 heavy (non-hydrogen) atoms. The summed E-state index contributed by atoms with van der Waals surface area (Å²) in [7, 11) is 0. The molecule has 0 aliphatic carbocycles. The summed E-state index contributed by atoms with van der Waals surface area (Å²) in [5, 5.41) is 3.02. The second-order valence-corrected chi connectivity index (χ2v) is 8.24. The predicted octanol–water partition coefficient (Wildman–Crippen LogP) is 5.48. The fraction of sp³-hybridized carbons (Fsp3) is 0.259. The Bertz CT molecular complexity index is 1210. The van der Waals surface area contributed by atoms with Crippen LogP contribution in [-0.2, 0) is 13.1 Å². The van der Waals surface area contributed by atoms with Gasteiger partial charge in [0.2, 0.25) is 0 Å². The molecule has 0 bridgehead atoms. The Morgan fingerprint density at radius 1 is 1.00 bits per heavy atom. The van der Waals surface area contributed by atoms with Crippen LogP contribution in [0.5, 0.6) is 5.75 Å². The van der Waals surface area contributed by atoms with Crippen LogP contribution in [-0.4, -0.2) is 22.1 Å². The predicted molar refractivity (Wildman–Crippen MR) is 128 cm³/mol. The van der Waals surface area contributed by atoms with Crippen molar-refractivity contribution >= 4 is 16.9 Å². The highest BCUT2D eigenvalue weighted by atomic mass is 16.5. The van der Waals surface area contributed by atoms with Crippen LogP contribution in [0, 0.1) is 6.92 Å². The summed E-state index contributed by atoms with van der Waals surface area (Å²) >= 11 is 0. The van der Waals surface area contributed by atoms with E-state index in [1.54, 1.807) is 0 Å². The minimum absolute atomic E-state index is 0.0943. The van der Waals surface area contributed by atoms with Crippen LogP contribution in [0.4, 0.5) is 0 Å². The second kappa shape index (κ2) is 9.69. The summed E-state index contributed by atoms with van der Waals surface area (Å²) in [6.45, 7) is 7.81. The maximum absolute atomic E-state index is 12.7. The first kappa shape index (κ1) is 21.6. The van der Waals surface area contributed by atoms with Crippen molar-refractivity contribution in [3.05, 3.63) is 95.3 Å². The summed E-state index contributed by atoms with van der Waals surface area (Å²) in [5.74, 6) is 2.07. The molecule has 1 N–H and O–H groups in total. The van der Waals surface area contributed by atoms with E-state index in [1.165, 1.54) is 5.56 Å². The SMILES string of the molecule is Cc1ccccc1C(=O)NCc1nc2ccccc2n1CCOc1ccc(C(C)C)cc1. The number of aromatic nitrogens is 2. The van der Waals surface area contributed by atoms with Crippen molar-refractivity contribution < 1.29 is 9.53 Å². The van der Waals surface area contributed by atoms with E-state index in [4.69, 9.17) is 9.72 Å². The van der Waals surface area contributed by atoms with Crippen molar-refractivity contribution in [1.29, 1.82) is 0 Å². The number of benzene rings is 3. The quantitative estimate of drug-likeness (QED) is 0.405. The third-order valence-electron chi connectivity index (χ3n) is 5.66. The molecule has 1 heterocycles. The van der Waals surface area contributed by atoms with Gasteiger partial charge in [-0.1, -0.05) is 56.3 Å². The number of hydrogen-bond donors (Lipinski definition) is 1. The number of hydrogen-bond acceptors (Lipinski definition) is 3. The molecule has 3 aromatic carbocycles. The van der Waals surface area contributed by atoms with Gasteiger partial charge in [0.25, 0.3) is 5.91 Å². The van der Waals surface area contributed by atoms with E-state index in [0.29, 0.717) is 31.2 Å². The lowest BCUT2D eigenvalue weighted by atomic mass is 10.0. The molecule has 5 nitrogen and oxygen atoms in total. The number of nitrogens with zero attached hydrogens (tertiary/aromatic N) is 2. The summed E-state index contributed by atoms with van der Waals surface area (Å²) in [6.07, 6.45) is 0. The molecule has 4 rings (SSSR count). The van der Waals surface area contributed by atoms with Crippen LogP contribution < -0.4 is 10.1 Å². The van der Waals surface area contributed by atoms with Crippen molar-refractivity contribution in [3.8, 4) is 5.75 Å². The van der Waals surface area contributed by atoms with Gasteiger partial charge in [-0.15, -0.1) is 0 Å². The van der Waals surface area contributed by atoms with Crippen LogP contribution >= 0.6 is 0 Å². The van der Waals surface area contributed by atoms with Crippen molar-refractivity contribution in [1.82, 2.24) is 14.9 Å². The Morgan fingerprint density at radius 3 is 2.47 bits per heavy atom. The Balaban J connectivity index is 1.46. The molecule has 1 amide bonds. The van der Waals surface area contributed by atoms with E-state index in [2.05, 4.69) is 35.9 Å². The number of carbonyl (C=O) groups excluding carboxylic acids is 1. The van der Waals surface area contributed by atoms with Crippen molar-refractivity contribution in [2.75, 3.05) is 6.61 Å². The number of ether oxygens (including phenoxy) is 1. The normalized spacial score (nSPS) is 11.1. The first-order valence-corrected chi connectivity index (χ1v) is 11.0. The number of amides is 1. The third-order valence-corrected chi connectivity index (χ3v) is 5.66. The van der Waals surface area contributed by atoms with E-state index in [9.17, 15) is 4.79 Å². The first-order chi connectivity index (χ1) is 15.5. The van der Waals surface area contributed by atoms with Gasteiger partial charge in [0, 0.05) is 5.56 Å². The Hall–Kier alpha value is -3.60. The van der Waals surface area contributed by atoms with Crippen LogP contribution in [0.3, 0.4) is 0 Å². The molecule has 0 fully saturated rings. The van der Waals surface area contributed by atoms with Crippen molar-refractivity contribution in [2.24, 2.45) is 0 Å². The fourth-order valence-electron chi connectivity index (χ4n) is 3.80. The van der Waals surface area contributed by atoms with Gasteiger partial charge in [-0.05, 0) is 54.3 Å². The van der Waals surface area contributed by atoms with E-state index in [1.807, 2.05) is 67.6 Å². The Kier molecular flexibility index (Phi) is 6.55. The van der Waals surface area contributed by atoms with E-state index < -0.39 is 0 Å². The molecular weight excluding hydrogens is 398 g/mol. The zero-order valence-electron chi connectivity index (χ0n) is 18.8. The molecular formula is C27H29N3O2. The molecule has 0 saturated carbocycles. The number of rotatable bonds is 8. The number of para-hydroxylation sites is 2. The Labute approximate surface area is 189 Å². The maximum atomic E-state index is 12.7. The largest absolute Gasteiger partial charge is 0.492 e. The van der Waals surface area contributed by atoms with Crippen molar-refractivity contribution in [2.45, 2.75) is 39.8 Å². The molecule has 0 unspecified atom stereocenters. The molecule has 0 radical (unpaired) electrons. The molecule has 0 atom stereocenters. The van der Waals surface area contributed by atoms with E-state index in [-0.39, 0.29) is 5.91 Å². The van der Waals surface area contributed by atoms with Gasteiger partial charge < -0.3 is 14.6 Å². The molecule has 0 aliphatic rings. The lowest BCUT2D eigenvalue weighted by Gasteiger charge is -2.13. The summed E-state index contributed by atoms with van der Waals surface area (Å²) < 4.78 is 8.11. The van der Waals surface area contributed by atoms with Crippen molar-refractivity contribution in [3.63, 3.8) is 0 Å². The van der Waals surface area contributed by atoms with Gasteiger partial charge in [0.1, 0.15) is 18.2 Å². The topological polar surface area (TPSA) is 56.2 Å². The van der Waals surface area contributed by atoms with Crippen LogP contribution in [0.1, 0.15) is 47.1 Å². The molecule has 164 valence electrons. The van der Waals surface area contributed by atoms with E-state index >= 15 is 0 Å². The third kappa shape index (κ3) is 4.83. The van der Waals surface area contributed by atoms with Crippen LogP contribution in [0.25, 0.3) is 11.0 Å². The number of nitrogens with one attached hydrogen (secondary N) is 1. The minimum Gasteiger partial charge on any atom is -0.492 e. The Morgan fingerprint density at radius 2 is 1.72 bits per heavy atom. The summed E-state index contributed by atoms with van der Waals surface area (Å²) in [6, 6.07) is 23.9. The minimum atomic E-state index is -0.0943. The highest BCUT2D eigenvalue weighted by Gasteiger charge is 2.13. The summed E-state index contributed by atoms with van der Waals surface area (Å²) in [4.78, 5) is 17.4. The van der Waals surface area contributed by atoms with Crippen LogP contribution in [0.15, 0.2) is 72.8 Å². The highest BCUT2D eigenvalue weighted by molar-refractivity contribution is 5.95. The van der Waals surface area contributed by atoms with Gasteiger partial charge in [-0.3, -0.25) is 4.79 Å². The fourth-order valence-corrected chi connectivity index (χ4v) is 3.80. The zero-order chi connectivity index (χ0) is 22.5. The van der Waals surface area contributed by atoms with Gasteiger partial charge in [0.15, 0.2) is 0 Å². The lowest BCUT2D eigenvalue weighted by molar-refractivity contribution is 0.0949. The van der Waals surface area contributed by atoms with E-state index in [0.717, 1.165) is 28.2 Å². The molecule has 5 heteroatoms. The maximum Gasteiger partial charge on any atom is 0.251 e. The highest BCUT2D eigenvalue weighted by Crippen LogP contribution is 2.20. The van der Waals surface area contributed by atoms with Gasteiger partial charge in [-0.25, -0.2) is 4.98 Å².